The molecule has 1 aliphatic rings. The quantitative estimate of drug-likeness (QED) is 0.648. The third-order valence-corrected chi connectivity index (χ3v) is 5.67. The van der Waals surface area contributed by atoms with E-state index in [1.54, 1.807) is 0 Å². The first-order valence-corrected chi connectivity index (χ1v) is 10.4. The Balaban J connectivity index is 1.73. The Morgan fingerprint density at radius 1 is 1.10 bits per heavy atom. The number of pyridine rings is 1. The Bertz CT molecular complexity index is 931. The molecule has 160 valence electrons. The summed E-state index contributed by atoms with van der Waals surface area (Å²) in [6.45, 7) is 0.794. The minimum Gasteiger partial charge on any atom is -0.393 e. The summed E-state index contributed by atoms with van der Waals surface area (Å²) in [6.07, 6.45) is 5.75. The number of carbonyl (C=O) groups is 2. The van der Waals surface area contributed by atoms with Crippen LogP contribution in [0.25, 0.3) is 0 Å². The molecule has 0 atom stereocenters. The summed E-state index contributed by atoms with van der Waals surface area (Å²) in [5.74, 6) is -0.322. The molecule has 3 rings (SSSR count). The van der Waals surface area contributed by atoms with Crippen molar-refractivity contribution >= 4 is 11.8 Å². The molecule has 3 N–H and O–H groups in total. The topological polar surface area (TPSA) is 100 Å². The maximum absolute atomic E-state index is 12.7. The first-order chi connectivity index (χ1) is 14.5. The van der Waals surface area contributed by atoms with Crippen molar-refractivity contribution in [2.75, 3.05) is 13.6 Å². The molecular weight excluding hydrogens is 382 g/mol. The number of aliphatic hydroxyl groups excluding tert-OH is 1. The van der Waals surface area contributed by atoms with E-state index >= 15 is 0 Å². The van der Waals surface area contributed by atoms with Gasteiger partial charge in [0, 0.05) is 19.8 Å². The van der Waals surface area contributed by atoms with E-state index in [2.05, 4.69) is 10.6 Å². The summed E-state index contributed by atoms with van der Waals surface area (Å²) in [7, 11) is 1.46. The van der Waals surface area contributed by atoms with E-state index in [9.17, 15) is 19.5 Å². The molecule has 1 aromatic carbocycles. The number of hydrogen-bond acceptors (Lipinski definition) is 4. The molecule has 0 unspecified atom stereocenters. The fourth-order valence-electron chi connectivity index (χ4n) is 3.88. The monoisotopic (exact) mass is 411 g/mol. The van der Waals surface area contributed by atoms with Gasteiger partial charge in [-0.2, -0.15) is 0 Å². The highest BCUT2D eigenvalue weighted by Crippen LogP contribution is 2.26. The first-order valence-electron chi connectivity index (χ1n) is 10.4. The van der Waals surface area contributed by atoms with Crippen molar-refractivity contribution in [1.82, 2.24) is 15.2 Å². The Labute approximate surface area is 176 Å². The second kappa shape index (κ2) is 10.2. The average molecular weight is 412 g/mol. The molecule has 1 aromatic heterocycles. The number of aliphatic hydroxyl groups is 1. The molecule has 1 heterocycles. The number of nitrogens with zero attached hydrogens (tertiary/aromatic N) is 1. The van der Waals surface area contributed by atoms with Gasteiger partial charge in [-0.05, 0) is 49.7 Å². The highest BCUT2D eigenvalue weighted by atomic mass is 16.3. The molecule has 1 saturated carbocycles. The molecule has 2 amide bonds. The second-order valence-electron chi connectivity index (χ2n) is 7.86. The molecule has 7 heteroatoms. The standard InChI is InChI=1S/C23H29N3O4/c1-24-22(29)20-13-18(15-26(23(20)30)14-17-5-3-2-4-6-17)21(28)25-12-11-16-7-9-19(27)10-8-16/h2-6,13,15-16,19,27H,7-12,14H2,1H3,(H,24,29)(H,25,28). The lowest BCUT2D eigenvalue weighted by atomic mass is 9.85. The number of hydrogen-bond donors (Lipinski definition) is 3. The lowest BCUT2D eigenvalue weighted by Gasteiger charge is -2.25. The van der Waals surface area contributed by atoms with E-state index in [0.717, 1.165) is 37.7 Å². The van der Waals surface area contributed by atoms with Gasteiger partial charge in [0.2, 0.25) is 0 Å². The molecule has 7 nitrogen and oxygen atoms in total. The molecule has 0 radical (unpaired) electrons. The zero-order chi connectivity index (χ0) is 21.5. The minimum absolute atomic E-state index is 0.0534. The van der Waals surface area contributed by atoms with Crippen LogP contribution in [0.3, 0.4) is 0 Å². The summed E-state index contributed by atoms with van der Waals surface area (Å²) in [5, 5.41) is 15.0. The van der Waals surface area contributed by atoms with Gasteiger partial charge in [-0.1, -0.05) is 30.3 Å². The molecule has 0 bridgehead atoms. The van der Waals surface area contributed by atoms with Crippen LogP contribution in [0.4, 0.5) is 0 Å². The van der Waals surface area contributed by atoms with Gasteiger partial charge in [0.1, 0.15) is 5.56 Å². The van der Waals surface area contributed by atoms with Crippen LogP contribution in [0.15, 0.2) is 47.4 Å². The Kier molecular flexibility index (Phi) is 7.41. The third kappa shape index (κ3) is 5.57. The molecule has 1 aliphatic carbocycles. The maximum atomic E-state index is 12.7. The van der Waals surface area contributed by atoms with Gasteiger partial charge in [0.05, 0.1) is 18.2 Å². The number of benzene rings is 1. The number of carbonyl (C=O) groups excluding carboxylic acids is 2. The van der Waals surface area contributed by atoms with E-state index in [1.807, 2.05) is 30.3 Å². The van der Waals surface area contributed by atoms with Crippen LogP contribution in [0.5, 0.6) is 0 Å². The normalized spacial score (nSPS) is 18.6. The van der Waals surface area contributed by atoms with Crippen LogP contribution in [0, 0.1) is 5.92 Å². The Hall–Kier alpha value is -2.93. The molecular formula is C23H29N3O4. The lowest BCUT2D eigenvalue weighted by Crippen LogP contribution is -2.34. The Morgan fingerprint density at radius 2 is 1.80 bits per heavy atom. The highest BCUT2D eigenvalue weighted by molar-refractivity contribution is 5.99. The predicted octanol–water partition coefficient (Wildman–Crippen LogP) is 1.93. The largest absolute Gasteiger partial charge is 0.393 e. The zero-order valence-electron chi connectivity index (χ0n) is 17.3. The second-order valence-corrected chi connectivity index (χ2v) is 7.86. The lowest BCUT2D eigenvalue weighted by molar-refractivity contribution is 0.0931. The Morgan fingerprint density at radius 3 is 2.47 bits per heavy atom. The SMILES string of the molecule is CNC(=O)c1cc(C(=O)NCCC2CCC(O)CC2)cn(Cc2ccccc2)c1=O. The predicted molar refractivity (Wildman–Crippen MR) is 115 cm³/mol. The van der Waals surface area contributed by atoms with E-state index in [1.165, 1.54) is 23.9 Å². The van der Waals surface area contributed by atoms with Crippen molar-refractivity contribution in [3.8, 4) is 0 Å². The number of amides is 2. The van der Waals surface area contributed by atoms with E-state index in [4.69, 9.17) is 0 Å². The number of aromatic nitrogens is 1. The van der Waals surface area contributed by atoms with Gasteiger partial charge in [-0.25, -0.2) is 0 Å². The first kappa shape index (κ1) is 21.8. The van der Waals surface area contributed by atoms with Gasteiger partial charge < -0.3 is 20.3 Å². The van der Waals surface area contributed by atoms with E-state index < -0.39 is 11.5 Å². The van der Waals surface area contributed by atoms with Crippen LogP contribution >= 0.6 is 0 Å². The molecule has 2 aromatic rings. The smallest absolute Gasteiger partial charge is 0.263 e. The summed E-state index contributed by atoms with van der Waals surface area (Å²) in [5.41, 5.74) is 0.695. The highest BCUT2D eigenvalue weighted by Gasteiger charge is 2.20. The van der Waals surface area contributed by atoms with Gasteiger partial charge in [0.25, 0.3) is 17.4 Å². The van der Waals surface area contributed by atoms with Gasteiger partial charge in [-0.3, -0.25) is 14.4 Å². The molecule has 0 aliphatic heterocycles. The van der Waals surface area contributed by atoms with Crippen molar-refractivity contribution in [2.45, 2.75) is 44.8 Å². The van der Waals surface area contributed by atoms with Crippen LogP contribution in [0.2, 0.25) is 0 Å². The summed E-state index contributed by atoms with van der Waals surface area (Å²) < 4.78 is 1.40. The molecule has 30 heavy (non-hydrogen) atoms. The minimum atomic E-state index is -0.516. The third-order valence-electron chi connectivity index (χ3n) is 5.67. The van der Waals surface area contributed by atoms with Gasteiger partial charge >= 0.3 is 0 Å². The van der Waals surface area contributed by atoms with Crippen molar-refractivity contribution in [1.29, 1.82) is 0 Å². The van der Waals surface area contributed by atoms with Crippen LogP contribution < -0.4 is 16.2 Å². The van der Waals surface area contributed by atoms with Crippen molar-refractivity contribution in [2.24, 2.45) is 5.92 Å². The molecule has 0 saturated heterocycles. The van der Waals surface area contributed by atoms with Gasteiger partial charge in [-0.15, -0.1) is 0 Å². The van der Waals surface area contributed by atoms with Crippen molar-refractivity contribution < 1.29 is 14.7 Å². The van der Waals surface area contributed by atoms with Crippen LogP contribution in [-0.4, -0.2) is 41.2 Å². The molecule has 0 spiro atoms. The number of rotatable bonds is 7. The van der Waals surface area contributed by atoms with Crippen molar-refractivity contribution in [3.05, 3.63) is 69.6 Å². The summed E-state index contributed by atoms with van der Waals surface area (Å²) >= 11 is 0. The fraction of sp³-hybridized carbons (Fsp3) is 0.435. The van der Waals surface area contributed by atoms with Gasteiger partial charge in [0.15, 0.2) is 0 Å². The summed E-state index contributed by atoms with van der Waals surface area (Å²) in [6, 6.07) is 10.8. The van der Waals surface area contributed by atoms with Crippen LogP contribution in [0.1, 0.15) is 58.4 Å². The van der Waals surface area contributed by atoms with E-state index in [-0.39, 0.29) is 29.7 Å². The number of nitrogens with one attached hydrogen (secondary N) is 2. The van der Waals surface area contributed by atoms with Crippen molar-refractivity contribution in [3.63, 3.8) is 0 Å². The van der Waals surface area contributed by atoms with E-state index in [0.29, 0.717) is 12.5 Å². The maximum Gasteiger partial charge on any atom is 0.263 e. The zero-order valence-corrected chi connectivity index (χ0v) is 17.3. The molecule has 1 fully saturated rings. The average Bonchev–Trinajstić information content (AvgIpc) is 2.76. The summed E-state index contributed by atoms with van der Waals surface area (Å²) in [4.78, 5) is 37.6. The fourth-order valence-corrected chi connectivity index (χ4v) is 3.88. The van der Waals surface area contributed by atoms with Crippen LogP contribution in [-0.2, 0) is 6.54 Å².